The largest absolute Gasteiger partial charge is 0.381 e. The number of hydrogen-bond acceptors (Lipinski definition) is 3. The van der Waals surface area contributed by atoms with Crippen molar-refractivity contribution >= 4 is 5.91 Å². The highest BCUT2D eigenvalue weighted by Crippen LogP contribution is 2.23. The minimum Gasteiger partial charge on any atom is -0.381 e. The van der Waals surface area contributed by atoms with Gasteiger partial charge in [0.1, 0.15) is 0 Å². The van der Waals surface area contributed by atoms with Crippen molar-refractivity contribution < 1.29 is 9.53 Å². The van der Waals surface area contributed by atoms with Crippen LogP contribution in [0.3, 0.4) is 0 Å². The second kappa shape index (κ2) is 9.04. The summed E-state index contributed by atoms with van der Waals surface area (Å²) in [5.41, 5.74) is 2.04. The molecule has 0 aromatic heterocycles. The summed E-state index contributed by atoms with van der Waals surface area (Å²) in [4.78, 5) is 14.7. The van der Waals surface area contributed by atoms with Crippen LogP contribution in [0.2, 0.25) is 0 Å². The Morgan fingerprint density at radius 1 is 1.22 bits per heavy atom. The van der Waals surface area contributed by atoms with E-state index in [1.54, 1.807) is 6.08 Å². The van der Waals surface area contributed by atoms with Crippen molar-refractivity contribution in [2.75, 3.05) is 33.4 Å². The van der Waals surface area contributed by atoms with Gasteiger partial charge < -0.3 is 15.0 Å². The highest BCUT2D eigenvalue weighted by molar-refractivity contribution is 5.96. The van der Waals surface area contributed by atoms with Crippen molar-refractivity contribution in [2.24, 2.45) is 5.92 Å². The van der Waals surface area contributed by atoms with Crippen LogP contribution in [-0.4, -0.2) is 50.2 Å². The Morgan fingerprint density at radius 2 is 1.87 bits per heavy atom. The molecule has 0 radical (unpaired) electrons. The number of hydrogen-bond donors (Lipinski definition) is 1. The maximum absolute atomic E-state index is 12.9. The van der Waals surface area contributed by atoms with Crippen molar-refractivity contribution in [2.45, 2.75) is 38.6 Å². The lowest BCUT2D eigenvalue weighted by atomic mass is 9.89. The molecule has 0 atom stereocenters. The number of carbonyl (C=O) groups is 1. The van der Waals surface area contributed by atoms with Crippen LogP contribution in [0.1, 0.15) is 32.6 Å². The van der Waals surface area contributed by atoms with Gasteiger partial charge in [0.25, 0.3) is 5.91 Å². The van der Waals surface area contributed by atoms with Gasteiger partial charge in [-0.05, 0) is 51.6 Å². The van der Waals surface area contributed by atoms with E-state index in [9.17, 15) is 4.79 Å². The maximum Gasteiger partial charge on any atom is 0.253 e. The van der Waals surface area contributed by atoms with Gasteiger partial charge in [-0.25, -0.2) is 0 Å². The smallest absolute Gasteiger partial charge is 0.253 e. The van der Waals surface area contributed by atoms with E-state index >= 15 is 0 Å². The first kappa shape index (κ1) is 18.0. The van der Waals surface area contributed by atoms with Gasteiger partial charge in [-0.3, -0.25) is 4.79 Å². The van der Waals surface area contributed by atoms with Crippen molar-refractivity contribution in [3.63, 3.8) is 0 Å². The number of allylic oxidation sites excluding steroid dienone is 3. The Labute approximate surface area is 140 Å². The van der Waals surface area contributed by atoms with E-state index < -0.39 is 0 Å². The highest BCUT2D eigenvalue weighted by Gasteiger charge is 2.24. The minimum atomic E-state index is 0.0880. The van der Waals surface area contributed by atoms with Gasteiger partial charge in [-0.15, -0.1) is 0 Å². The maximum atomic E-state index is 12.9. The average molecular weight is 318 g/mol. The number of piperidine rings is 1. The molecule has 1 amide bonds. The third-order valence-electron chi connectivity index (χ3n) is 4.97. The fraction of sp³-hybridized carbons (Fsp3) is 0.632. The molecule has 0 spiro atoms. The molecule has 0 aliphatic carbocycles. The molecular formula is C19H30N2O2. The quantitative estimate of drug-likeness (QED) is 0.626. The molecule has 1 N–H and O–H groups in total. The molecule has 0 unspecified atom stereocenters. The second-order valence-corrected chi connectivity index (χ2v) is 6.53. The molecule has 2 saturated heterocycles. The first-order valence-electron chi connectivity index (χ1n) is 8.70. The van der Waals surface area contributed by atoms with Crippen LogP contribution < -0.4 is 5.32 Å². The Kier molecular flexibility index (Phi) is 7.06. The van der Waals surface area contributed by atoms with Gasteiger partial charge >= 0.3 is 0 Å². The molecular weight excluding hydrogens is 288 g/mol. The van der Waals surface area contributed by atoms with Crippen molar-refractivity contribution in [3.8, 4) is 0 Å². The van der Waals surface area contributed by atoms with Gasteiger partial charge in [0.2, 0.25) is 0 Å². The van der Waals surface area contributed by atoms with E-state index in [-0.39, 0.29) is 11.9 Å². The van der Waals surface area contributed by atoms with Gasteiger partial charge in [0.05, 0.1) is 0 Å². The summed E-state index contributed by atoms with van der Waals surface area (Å²) in [5, 5.41) is 3.39. The first-order chi connectivity index (χ1) is 11.1. The van der Waals surface area contributed by atoms with Gasteiger partial charge in [0.15, 0.2) is 0 Å². The van der Waals surface area contributed by atoms with Crippen LogP contribution >= 0.6 is 0 Å². The molecule has 0 saturated carbocycles. The summed E-state index contributed by atoms with van der Waals surface area (Å²) in [5.74, 6) is 0.663. The zero-order chi connectivity index (χ0) is 16.7. The molecule has 4 heteroatoms. The zero-order valence-corrected chi connectivity index (χ0v) is 14.5. The zero-order valence-electron chi connectivity index (χ0n) is 14.5. The second-order valence-electron chi connectivity index (χ2n) is 6.53. The lowest BCUT2D eigenvalue weighted by molar-refractivity contribution is -0.129. The summed E-state index contributed by atoms with van der Waals surface area (Å²) in [6.07, 6.45) is 9.73. The van der Waals surface area contributed by atoms with E-state index in [2.05, 4.69) is 24.9 Å². The van der Waals surface area contributed by atoms with Crippen LogP contribution in [-0.2, 0) is 9.53 Å². The normalized spacial score (nSPS) is 22.0. The summed E-state index contributed by atoms with van der Waals surface area (Å²) in [7, 11) is 1.91. The predicted molar refractivity (Wildman–Crippen MR) is 94.2 cm³/mol. The summed E-state index contributed by atoms with van der Waals surface area (Å²) < 4.78 is 5.39. The molecule has 0 bridgehead atoms. The topological polar surface area (TPSA) is 41.6 Å². The standard InChI is InChI=1S/C19H30N2O2/c1-4-5-17(14-15(2)16-6-10-20-11-7-16)19(22)21(3)18-8-12-23-13-9-18/h4-5,14,16,18,20H,1,6-13H2,2-3H3/b15-14+,17-5+. The van der Waals surface area contributed by atoms with E-state index in [1.165, 1.54) is 5.57 Å². The number of nitrogens with zero attached hydrogens (tertiary/aromatic N) is 1. The fourth-order valence-electron chi connectivity index (χ4n) is 3.39. The molecule has 2 aliphatic rings. The van der Waals surface area contributed by atoms with Gasteiger partial charge in [-0.1, -0.05) is 30.4 Å². The first-order valence-corrected chi connectivity index (χ1v) is 8.70. The van der Waals surface area contributed by atoms with Crippen LogP contribution in [0.4, 0.5) is 0 Å². The predicted octanol–water partition coefficient (Wildman–Crippen LogP) is 2.68. The monoisotopic (exact) mass is 318 g/mol. The molecule has 128 valence electrons. The molecule has 0 aromatic carbocycles. The highest BCUT2D eigenvalue weighted by atomic mass is 16.5. The number of ether oxygens (including phenoxy) is 1. The number of likely N-dealkylation sites (N-methyl/N-ethyl adjacent to an activating group) is 1. The molecule has 4 nitrogen and oxygen atoms in total. The van der Waals surface area contributed by atoms with Crippen LogP contribution in [0, 0.1) is 5.92 Å². The lowest BCUT2D eigenvalue weighted by Gasteiger charge is -2.31. The Balaban J connectivity index is 2.08. The third kappa shape index (κ3) is 5.05. The summed E-state index contributed by atoms with van der Waals surface area (Å²) in [6, 6.07) is 0.275. The molecule has 0 aromatic rings. The Hall–Kier alpha value is -1.39. The number of nitrogens with one attached hydrogen (secondary N) is 1. The molecule has 2 aliphatic heterocycles. The molecule has 2 fully saturated rings. The van der Waals surface area contributed by atoms with Crippen LogP contribution in [0.5, 0.6) is 0 Å². The van der Waals surface area contributed by atoms with Gasteiger partial charge in [0, 0.05) is 31.9 Å². The van der Waals surface area contributed by atoms with Crippen molar-refractivity contribution in [1.82, 2.24) is 10.2 Å². The minimum absolute atomic E-state index is 0.0880. The Morgan fingerprint density at radius 3 is 2.48 bits per heavy atom. The van der Waals surface area contributed by atoms with Crippen molar-refractivity contribution in [1.29, 1.82) is 0 Å². The number of amides is 1. The van der Waals surface area contributed by atoms with Crippen LogP contribution in [0.25, 0.3) is 0 Å². The SMILES string of the molecule is C=C/C=C(\C=C(/C)C1CCNCC1)C(=O)N(C)C1CCOCC1. The summed E-state index contributed by atoms with van der Waals surface area (Å²) in [6.45, 7) is 9.52. The van der Waals surface area contributed by atoms with E-state index in [0.717, 1.165) is 57.6 Å². The Bertz CT molecular complexity index is 470. The van der Waals surface area contributed by atoms with Gasteiger partial charge in [-0.2, -0.15) is 0 Å². The summed E-state index contributed by atoms with van der Waals surface area (Å²) >= 11 is 0. The average Bonchev–Trinajstić information content (AvgIpc) is 2.61. The van der Waals surface area contributed by atoms with E-state index in [0.29, 0.717) is 5.92 Å². The van der Waals surface area contributed by atoms with E-state index in [1.807, 2.05) is 18.0 Å². The molecule has 2 heterocycles. The van der Waals surface area contributed by atoms with Crippen molar-refractivity contribution in [3.05, 3.63) is 36.0 Å². The van der Waals surface area contributed by atoms with Crippen LogP contribution in [0.15, 0.2) is 36.0 Å². The third-order valence-corrected chi connectivity index (χ3v) is 4.97. The molecule has 23 heavy (non-hydrogen) atoms. The number of carbonyl (C=O) groups excluding carboxylic acids is 1. The fourth-order valence-corrected chi connectivity index (χ4v) is 3.39. The van der Waals surface area contributed by atoms with E-state index in [4.69, 9.17) is 4.74 Å². The molecule has 2 rings (SSSR count). The lowest BCUT2D eigenvalue weighted by Crippen LogP contribution is -2.41. The number of rotatable bonds is 5.